The van der Waals surface area contributed by atoms with E-state index in [0.29, 0.717) is 12.1 Å². The molecule has 1 unspecified atom stereocenters. The van der Waals surface area contributed by atoms with Crippen molar-refractivity contribution in [1.82, 2.24) is 0 Å². The maximum absolute atomic E-state index is 14.0. The van der Waals surface area contributed by atoms with Crippen LogP contribution in [0.4, 0.5) is 14.5 Å². The molecule has 1 aliphatic heterocycles. The molecule has 1 aromatic carbocycles. The number of carboxylic acids is 1. The highest BCUT2D eigenvalue weighted by Crippen LogP contribution is 2.28. The van der Waals surface area contributed by atoms with Gasteiger partial charge in [0.25, 0.3) is 0 Å². The van der Waals surface area contributed by atoms with Crippen molar-refractivity contribution >= 4 is 17.6 Å². The van der Waals surface area contributed by atoms with Crippen LogP contribution >= 0.6 is 0 Å². The fourth-order valence-corrected chi connectivity index (χ4v) is 2.07. The van der Waals surface area contributed by atoms with Crippen molar-refractivity contribution in [2.75, 3.05) is 24.7 Å². The summed E-state index contributed by atoms with van der Waals surface area (Å²) in [4.78, 5) is 23.2. The Hall–Kier alpha value is -2.22. The number of carbonyl (C=O) groups is 2. The molecule has 1 saturated heterocycles. The lowest BCUT2D eigenvalue weighted by atomic mass is 10.1. The second-order valence-corrected chi connectivity index (χ2v) is 4.28. The molecule has 1 atom stereocenters. The predicted molar refractivity (Wildman–Crippen MR) is 64.5 cm³/mol. The molecule has 0 spiro atoms. The zero-order chi connectivity index (χ0) is 14.9. The van der Waals surface area contributed by atoms with Crippen molar-refractivity contribution in [2.24, 2.45) is 5.73 Å². The number of halogens is 2. The van der Waals surface area contributed by atoms with Gasteiger partial charge in [0.15, 0.2) is 0 Å². The Kier molecular flexibility index (Phi) is 3.84. The minimum Gasteiger partial charge on any atom is -0.478 e. The number of benzene rings is 1. The van der Waals surface area contributed by atoms with E-state index in [0.717, 1.165) is 4.90 Å². The largest absolute Gasteiger partial charge is 0.478 e. The fourth-order valence-electron chi connectivity index (χ4n) is 2.07. The number of nitrogens with two attached hydrogens (primary N) is 1. The van der Waals surface area contributed by atoms with Gasteiger partial charge in [-0.3, -0.25) is 4.79 Å². The molecule has 1 heterocycles. The molecule has 0 aliphatic carbocycles. The number of carbonyl (C=O) groups excluding carboxylic acids is 1. The van der Waals surface area contributed by atoms with Gasteiger partial charge < -0.3 is 20.5 Å². The van der Waals surface area contributed by atoms with Crippen LogP contribution in [0, 0.1) is 11.6 Å². The van der Waals surface area contributed by atoms with Crippen LogP contribution in [0.1, 0.15) is 10.4 Å². The first-order valence-corrected chi connectivity index (χ1v) is 5.78. The van der Waals surface area contributed by atoms with Gasteiger partial charge in [0.05, 0.1) is 18.8 Å². The second-order valence-electron chi connectivity index (χ2n) is 4.28. The Morgan fingerprint density at radius 2 is 1.95 bits per heavy atom. The van der Waals surface area contributed by atoms with Gasteiger partial charge in [0.1, 0.15) is 23.4 Å². The predicted octanol–water partition coefficient (Wildman–Crippen LogP) is 0.353. The number of morpholine rings is 1. The number of nitrogens with zero attached hydrogens (tertiary/aromatic N) is 1. The SMILES string of the molecule is NC(=O)C1COCCN1c1c(F)cc(C(=O)O)cc1F. The van der Waals surface area contributed by atoms with E-state index >= 15 is 0 Å². The molecule has 0 bridgehead atoms. The molecule has 20 heavy (non-hydrogen) atoms. The first-order chi connectivity index (χ1) is 9.41. The van der Waals surface area contributed by atoms with Gasteiger partial charge in [0, 0.05) is 6.54 Å². The minimum atomic E-state index is -1.44. The third-order valence-corrected chi connectivity index (χ3v) is 3.01. The van der Waals surface area contributed by atoms with E-state index in [1.165, 1.54) is 0 Å². The van der Waals surface area contributed by atoms with Crippen molar-refractivity contribution in [3.05, 3.63) is 29.3 Å². The first kappa shape index (κ1) is 14.2. The monoisotopic (exact) mass is 286 g/mol. The lowest BCUT2D eigenvalue weighted by molar-refractivity contribution is -0.121. The number of aromatic carboxylic acids is 1. The van der Waals surface area contributed by atoms with E-state index in [1.807, 2.05) is 0 Å². The summed E-state index contributed by atoms with van der Waals surface area (Å²) < 4.78 is 33.0. The summed E-state index contributed by atoms with van der Waals surface area (Å²) in [5, 5.41) is 8.73. The van der Waals surface area contributed by atoms with Crippen LogP contribution in [0.3, 0.4) is 0 Å². The fraction of sp³-hybridized carbons (Fsp3) is 0.333. The third kappa shape index (κ3) is 2.55. The average Bonchev–Trinajstić information content (AvgIpc) is 2.38. The Morgan fingerprint density at radius 1 is 1.35 bits per heavy atom. The van der Waals surface area contributed by atoms with Crippen molar-refractivity contribution in [1.29, 1.82) is 0 Å². The smallest absolute Gasteiger partial charge is 0.335 e. The van der Waals surface area contributed by atoms with Gasteiger partial charge >= 0.3 is 5.97 Å². The molecule has 1 amide bonds. The van der Waals surface area contributed by atoms with E-state index in [1.54, 1.807) is 0 Å². The zero-order valence-corrected chi connectivity index (χ0v) is 10.3. The molecule has 1 aliphatic rings. The Labute approximate surface area is 112 Å². The van der Waals surface area contributed by atoms with Gasteiger partial charge in [-0.05, 0) is 12.1 Å². The molecule has 3 N–H and O–H groups in total. The van der Waals surface area contributed by atoms with Crippen LogP contribution in [0.2, 0.25) is 0 Å². The summed E-state index contributed by atoms with van der Waals surface area (Å²) in [6.45, 7) is 0.187. The molecular weight excluding hydrogens is 274 g/mol. The van der Waals surface area contributed by atoms with Gasteiger partial charge in [-0.15, -0.1) is 0 Å². The van der Waals surface area contributed by atoms with E-state index in [4.69, 9.17) is 15.6 Å². The standard InChI is InChI=1S/C12H12F2N2O4/c13-7-3-6(12(18)19)4-8(14)10(7)16-1-2-20-5-9(16)11(15)17/h3-4,9H,1-2,5H2,(H2,15,17)(H,18,19). The summed E-state index contributed by atoms with van der Waals surface area (Å²) in [5.41, 5.74) is 4.20. The Balaban J connectivity index is 2.45. The van der Waals surface area contributed by atoms with Crippen molar-refractivity contribution < 1.29 is 28.2 Å². The summed E-state index contributed by atoms with van der Waals surface area (Å²) in [5.74, 6) is -4.33. The summed E-state index contributed by atoms with van der Waals surface area (Å²) in [6, 6.07) is 0.408. The van der Waals surface area contributed by atoms with E-state index < -0.39 is 40.8 Å². The van der Waals surface area contributed by atoms with E-state index in [9.17, 15) is 18.4 Å². The number of rotatable bonds is 3. The molecule has 2 rings (SSSR count). The van der Waals surface area contributed by atoms with Gasteiger partial charge in [-0.2, -0.15) is 0 Å². The van der Waals surface area contributed by atoms with Gasteiger partial charge in [-0.1, -0.05) is 0 Å². The van der Waals surface area contributed by atoms with Crippen LogP contribution in [-0.4, -0.2) is 42.8 Å². The normalized spacial score (nSPS) is 18.9. The highest BCUT2D eigenvalue weighted by molar-refractivity contribution is 5.89. The molecule has 1 aromatic rings. The Bertz CT molecular complexity index is 541. The topological polar surface area (TPSA) is 92.9 Å². The second kappa shape index (κ2) is 5.41. The number of primary amides is 1. The van der Waals surface area contributed by atoms with Crippen LogP contribution in [-0.2, 0) is 9.53 Å². The third-order valence-electron chi connectivity index (χ3n) is 3.01. The van der Waals surface area contributed by atoms with E-state index in [2.05, 4.69) is 0 Å². The number of hydrogen-bond acceptors (Lipinski definition) is 4. The number of hydrogen-bond donors (Lipinski definition) is 2. The lowest BCUT2D eigenvalue weighted by Crippen LogP contribution is -2.53. The number of ether oxygens (including phenoxy) is 1. The number of amides is 1. The van der Waals surface area contributed by atoms with Gasteiger partial charge in [-0.25, -0.2) is 13.6 Å². The number of anilines is 1. The molecule has 0 saturated carbocycles. The van der Waals surface area contributed by atoms with Crippen LogP contribution < -0.4 is 10.6 Å². The van der Waals surface area contributed by atoms with Crippen molar-refractivity contribution in [3.63, 3.8) is 0 Å². The summed E-state index contributed by atoms with van der Waals surface area (Å²) in [6.07, 6.45) is 0. The molecule has 108 valence electrons. The first-order valence-electron chi connectivity index (χ1n) is 5.78. The molecule has 0 aromatic heterocycles. The van der Waals surface area contributed by atoms with E-state index in [-0.39, 0.29) is 19.8 Å². The molecule has 8 heteroatoms. The molecule has 1 fully saturated rings. The maximum Gasteiger partial charge on any atom is 0.335 e. The molecular formula is C12H12F2N2O4. The zero-order valence-electron chi connectivity index (χ0n) is 10.3. The maximum atomic E-state index is 14.0. The number of carboxylic acid groups (broad SMARTS) is 1. The van der Waals surface area contributed by atoms with Crippen molar-refractivity contribution in [3.8, 4) is 0 Å². The highest BCUT2D eigenvalue weighted by Gasteiger charge is 2.32. The van der Waals surface area contributed by atoms with Crippen molar-refractivity contribution in [2.45, 2.75) is 6.04 Å². The summed E-state index contributed by atoms with van der Waals surface area (Å²) >= 11 is 0. The lowest BCUT2D eigenvalue weighted by Gasteiger charge is -2.35. The highest BCUT2D eigenvalue weighted by atomic mass is 19.1. The van der Waals surface area contributed by atoms with Crippen LogP contribution in [0.25, 0.3) is 0 Å². The minimum absolute atomic E-state index is 0.0745. The molecule has 0 radical (unpaired) electrons. The van der Waals surface area contributed by atoms with Crippen LogP contribution in [0.15, 0.2) is 12.1 Å². The quantitative estimate of drug-likeness (QED) is 0.836. The van der Waals surface area contributed by atoms with Gasteiger partial charge in [0.2, 0.25) is 5.91 Å². The Morgan fingerprint density at radius 3 is 2.45 bits per heavy atom. The summed E-state index contributed by atoms with van der Waals surface area (Å²) in [7, 11) is 0. The van der Waals surface area contributed by atoms with Crippen LogP contribution in [0.5, 0.6) is 0 Å². The average molecular weight is 286 g/mol. The molecule has 6 nitrogen and oxygen atoms in total.